The highest BCUT2D eigenvalue weighted by molar-refractivity contribution is 6.47. The Balaban J connectivity index is 1.92. The third kappa shape index (κ3) is 4.43. The smallest absolute Gasteiger partial charge is 0.416 e. The number of Topliss-reactive ketones (excluding diaryl/α,β-unsaturated/α-hetero) is 1. The zero-order valence-electron chi connectivity index (χ0n) is 17.7. The van der Waals surface area contributed by atoms with Crippen molar-refractivity contribution in [2.75, 3.05) is 19.5 Å². The molecule has 1 amide bonds. The van der Waals surface area contributed by atoms with E-state index in [0.29, 0.717) is 11.5 Å². The molecule has 0 aliphatic rings. The summed E-state index contributed by atoms with van der Waals surface area (Å²) in [6.07, 6.45) is -4.53. The zero-order chi connectivity index (χ0) is 23.6. The summed E-state index contributed by atoms with van der Waals surface area (Å²) in [5.74, 6) is -1.03. The van der Waals surface area contributed by atoms with Crippen LogP contribution in [0.4, 0.5) is 18.9 Å². The van der Waals surface area contributed by atoms with Crippen LogP contribution < -0.4 is 14.8 Å². The number of ketones is 1. The Labute approximate surface area is 181 Å². The number of carbonyl (C=O) groups excluding carboxylic acids is 2. The Morgan fingerprint density at radius 3 is 2.38 bits per heavy atom. The molecular weight excluding hydrogens is 427 g/mol. The molecule has 0 aliphatic carbocycles. The first-order chi connectivity index (χ1) is 15.1. The van der Waals surface area contributed by atoms with E-state index in [1.165, 1.54) is 50.9 Å². The van der Waals surface area contributed by atoms with Crippen molar-refractivity contribution in [2.45, 2.75) is 20.0 Å². The van der Waals surface area contributed by atoms with Gasteiger partial charge in [0.25, 0.3) is 11.7 Å². The quantitative estimate of drug-likeness (QED) is 0.449. The Morgan fingerprint density at radius 2 is 1.75 bits per heavy atom. The number of ether oxygens (including phenoxy) is 2. The fraction of sp³-hybridized carbons (Fsp3) is 0.227. The lowest BCUT2D eigenvalue weighted by atomic mass is 10.1. The number of hydrogen-bond acceptors (Lipinski definition) is 5. The lowest BCUT2D eigenvalue weighted by Crippen LogP contribution is -2.24. The summed E-state index contributed by atoms with van der Waals surface area (Å²) in [6, 6.07) is 9.21. The summed E-state index contributed by atoms with van der Waals surface area (Å²) >= 11 is 0. The Morgan fingerprint density at radius 1 is 1.03 bits per heavy atom. The topological polar surface area (TPSA) is 82.5 Å². The fourth-order valence-electron chi connectivity index (χ4n) is 3.23. The Hall–Kier alpha value is -3.82. The number of anilines is 1. The van der Waals surface area contributed by atoms with Gasteiger partial charge < -0.3 is 14.8 Å². The van der Waals surface area contributed by atoms with Gasteiger partial charge in [-0.3, -0.25) is 9.59 Å². The van der Waals surface area contributed by atoms with Crippen LogP contribution in [-0.2, 0) is 11.0 Å². The van der Waals surface area contributed by atoms with Crippen molar-refractivity contribution < 1.29 is 32.2 Å². The molecule has 0 unspecified atom stereocenters. The number of amides is 1. The lowest BCUT2D eigenvalue weighted by Gasteiger charge is -2.11. The van der Waals surface area contributed by atoms with Crippen LogP contribution in [0.2, 0.25) is 0 Å². The molecule has 0 bridgehead atoms. The molecule has 0 atom stereocenters. The van der Waals surface area contributed by atoms with E-state index >= 15 is 0 Å². The largest absolute Gasteiger partial charge is 0.497 e. The van der Waals surface area contributed by atoms with E-state index < -0.39 is 23.4 Å². The molecule has 0 radical (unpaired) electrons. The number of halogens is 3. The predicted molar refractivity (Wildman–Crippen MR) is 111 cm³/mol. The van der Waals surface area contributed by atoms with Gasteiger partial charge in [-0.2, -0.15) is 18.3 Å². The van der Waals surface area contributed by atoms with E-state index in [4.69, 9.17) is 9.47 Å². The standard InChI is InChI=1S/C22H20F3N3O4/c1-12-19(13(2)28(27-12)15-7-5-6-14(10-15)22(23,24)25)20(29)21(30)26-17-9-8-16(31-3)11-18(17)32-4/h5-11H,1-4H3,(H,26,30). The first-order valence-corrected chi connectivity index (χ1v) is 9.38. The first-order valence-electron chi connectivity index (χ1n) is 9.38. The van der Waals surface area contributed by atoms with Gasteiger partial charge in [-0.1, -0.05) is 6.07 Å². The molecule has 7 nitrogen and oxygen atoms in total. The highest BCUT2D eigenvalue weighted by Gasteiger charge is 2.31. The highest BCUT2D eigenvalue weighted by atomic mass is 19.4. The van der Waals surface area contributed by atoms with Crippen LogP contribution >= 0.6 is 0 Å². The van der Waals surface area contributed by atoms with Crippen LogP contribution in [0.25, 0.3) is 5.69 Å². The number of methoxy groups -OCH3 is 2. The van der Waals surface area contributed by atoms with Crippen molar-refractivity contribution in [3.8, 4) is 17.2 Å². The zero-order valence-corrected chi connectivity index (χ0v) is 17.7. The summed E-state index contributed by atoms with van der Waals surface area (Å²) in [6.45, 7) is 3.01. The number of carbonyl (C=O) groups is 2. The van der Waals surface area contributed by atoms with Crippen molar-refractivity contribution in [1.82, 2.24) is 9.78 Å². The van der Waals surface area contributed by atoms with Crippen molar-refractivity contribution in [3.05, 3.63) is 65.0 Å². The number of alkyl halides is 3. The molecule has 32 heavy (non-hydrogen) atoms. The number of aromatic nitrogens is 2. The normalized spacial score (nSPS) is 11.2. The number of rotatable bonds is 6. The molecule has 3 aromatic rings. The van der Waals surface area contributed by atoms with Gasteiger partial charge in [0.2, 0.25) is 0 Å². The van der Waals surface area contributed by atoms with Crippen LogP contribution in [0.15, 0.2) is 42.5 Å². The van der Waals surface area contributed by atoms with Crippen molar-refractivity contribution in [2.24, 2.45) is 0 Å². The predicted octanol–water partition coefficient (Wildman–Crippen LogP) is 4.35. The first kappa shape index (κ1) is 22.9. The fourth-order valence-corrected chi connectivity index (χ4v) is 3.23. The van der Waals surface area contributed by atoms with Gasteiger partial charge in [-0.05, 0) is 44.2 Å². The molecule has 2 aromatic carbocycles. The maximum atomic E-state index is 13.1. The average molecular weight is 447 g/mol. The van der Waals surface area contributed by atoms with Crippen LogP contribution in [0.1, 0.15) is 27.3 Å². The van der Waals surface area contributed by atoms with Gasteiger partial charge in [0, 0.05) is 6.07 Å². The summed E-state index contributed by atoms with van der Waals surface area (Å²) in [5, 5.41) is 6.67. The molecular formula is C22H20F3N3O4. The molecule has 0 fully saturated rings. The molecule has 0 saturated heterocycles. The van der Waals surface area contributed by atoms with Gasteiger partial charge in [-0.25, -0.2) is 4.68 Å². The minimum absolute atomic E-state index is 0.00684. The van der Waals surface area contributed by atoms with Gasteiger partial charge >= 0.3 is 6.18 Å². The van der Waals surface area contributed by atoms with Crippen molar-refractivity contribution >= 4 is 17.4 Å². The van der Waals surface area contributed by atoms with Gasteiger partial charge in [0.05, 0.1) is 48.1 Å². The summed E-state index contributed by atoms with van der Waals surface area (Å²) in [5.41, 5.74) is -0.0125. The van der Waals surface area contributed by atoms with E-state index in [2.05, 4.69) is 10.4 Å². The third-order valence-electron chi connectivity index (χ3n) is 4.80. The SMILES string of the molecule is COc1ccc(NC(=O)C(=O)c2c(C)nn(-c3cccc(C(F)(F)F)c3)c2C)c(OC)c1. The molecule has 1 aromatic heterocycles. The van der Waals surface area contributed by atoms with E-state index in [-0.39, 0.29) is 28.3 Å². The van der Waals surface area contributed by atoms with Crippen LogP contribution in [0, 0.1) is 13.8 Å². The number of nitrogens with one attached hydrogen (secondary N) is 1. The average Bonchev–Trinajstić information content (AvgIpc) is 3.06. The number of benzene rings is 2. The molecule has 10 heteroatoms. The second-order valence-corrected chi connectivity index (χ2v) is 6.86. The Kier molecular flexibility index (Phi) is 6.24. The maximum Gasteiger partial charge on any atom is 0.416 e. The van der Waals surface area contributed by atoms with E-state index in [0.717, 1.165) is 12.1 Å². The second-order valence-electron chi connectivity index (χ2n) is 6.86. The van der Waals surface area contributed by atoms with E-state index in [1.807, 2.05) is 0 Å². The third-order valence-corrected chi connectivity index (χ3v) is 4.80. The molecule has 0 spiro atoms. The van der Waals surface area contributed by atoms with Crippen molar-refractivity contribution in [3.63, 3.8) is 0 Å². The monoisotopic (exact) mass is 447 g/mol. The summed E-state index contributed by atoms with van der Waals surface area (Å²) < 4.78 is 50.7. The number of nitrogens with zero attached hydrogens (tertiary/aromatic N) is 2. The molecule has 1 heterocycles. The Bertz CT molecular complexity index is 1190. The van der Waals surface area contributed by atoms with Gasteiger partial charge in [0.15, 0.2) is 0 Å². The highest BCUT2D eigenvalue weighted by Crippen LogP contribution is 2.31. The van der Waals surface area contributed by atoms with Crippen LogP contribution in [0.3, 0.4) is 0 Å². The molecule has 168 valence electrons. The van der Waals surface area contributed by atoms with Crippen LogP contribution in [0.5, 0.6) is 11.5 Å². The maximum absolute atomic E-state index is 13.1. The number of hydrogen-bond donors (Lipinski definition) is 1. The molecule has 1 N–H and O–H groups in total. The van der Waals surface area contributed by atoms with Crippen LogP contribution in [-0.4, -0.2) is 35.7 Å². The van der Waals surface area contributed by atoms with Gasteiger partial charge in [-0.15, -0.1) is 0 Å². The molecule has 3 rings (SSSR count). The number of aryl methyl sites for hydroxylation is 1. The van der Waals surface area contributed by atoms with E-state index in [1.54, 1.807) is 12.1 Å². The van der Waals surface area contributed by atoms with E-state index in [9.17, 15) is 22.8 Å². The van der Waals surface area contributed by atoms with Gasteiger partial charge in [0.1, 0.15) is 11.5 Å². The second kappa shape index (κ2) is 8.74. The molecule has 0 aliphatic heterocycles. The molecule has 0 saturated carbocycles. The minimum Gasteiger partial charge on any atom is -0.497 e. The summed E-state index contributed by atoms with van der Waals surface area (Å²) in [4.78, 5) is 25.5. The lowest BCUT2D eigenvalue weighted by molar-refractivity contribution is -0.137. The van der Waals surface area contributed by atoms with Crippen molar-refractivity contribution in [1.29, 1.82) is 0 Å². The summed E-state index contributed by atoms with van der Waals surface area (Å²) in [7, 11) is 2.88. The minimum atomic E-state index is -4.53.